The number of hydrogen-bond donors (Lipinski definition) is 2. The van der Waals surface area contributed by atoms with Crippen molar-refractivity contribution in [2.24, 2.45) is 17.3 Å². The summed E-state index contributed by atoms with van der Waals surface area (Å²) in [4.78, 5) is 23.3. The van der Waals surface area contributed by atoms with E-state index in [2.05, 4.69) is 5.32 Å². The van der Waals surface area contributed by atoms with Gasteiger partial charge in [-0.05, 0) is 31.1 Å². The predicted molar refractivity (Wildman–Crippen MR) is 75.1 cm³/mol. The number of nitrogens with one attached hydrogen (secondary N) is 1. The maximum Gasteiger partial charge on any atom is 0.310 e. The van der Waals surface area contributed by atoms with E-state index in [0.717, 1.165) is 18.8 Å². The number of carbonyl (C=O) groups excluding carboxylic acids is 1. The van der Waals surface area contributed by atoms with Crippen LogP contribution in [-0.4, -0.2) is 23.0 Å². The Morgan fingerprint density at radius 1 is 1.10 bits per heavy atom. The quantitative estimate of drug-likeness (QED) is 0.813. The minimum atomic E-state index is -0.793. The van der Waals surface area contributed by atoms with Crippen LogP contribution in [0.15, 0.2) is 0 Å². The molecule has 0 aromatic carbocycles. The standard InChI is InChI=1S/C16H25NO3/c18-14(10-16(15(19)20)7-4-8-16)17-13-9-12(13)11-5-2-1-3-6-11/h11-13H,1-10H2,(H,17,18)(H,19,20). The molecule has 0 aromatic rings. The Labute approximate surface area is 120 Å². The van der Waals surface area contributed by atoms with E-state index in [0.29, 0.717) is 24.8 Å². The summed E-state index contributed by atoms with van der Waals surface area (Å²) >= 11 is 0. The molecule has 0 bridgehead atoms. The second kappa shape index (κ2) is 5.38. The fourth-order valence-electron chi connectivity index (χ4n) is 4.10. The molecule has 1 amide bonds. The maximum atomic E-state index is 12.1. The van der Waals surface area contributed by atoms with Gasteiger partial charge in [-0.3, -0.25) is 9.59 Å². The zero-order chi connectivity index (χ0) is 14.2. The molecule has 0 aliphatic heterocycles. The van der Waals surface area contributed by atoms with Gasteiger partial charge in [-0.15, -0.1) is 0 Å². The van der Waals surface area contributed by atoms with Gasteiger partial charge in [0, 0.05) is 12.5 Å². The van der Waals surface area contributed by atoms with E-state index in [1.165, 1.54) is 32.1 Å². The molecule has 4 nitrogen and oxygen atoms in total. The highest BCUT2D eigenvalue weighted by molar-refractivity contribution is 5.85. The molecule has 112 valence electrons. The van der Waals surface area contributed by atoms with Gasteiger partial charge in [-0.25, -0.2) is 0 Å². The van der Waals surface area contributed by atoms with Gasteiger partial charge in [-0.2, -0.15) is 0 Å². The highest BCUT2D eigenvalue weighted by Crippen LogP contribution is 2.46. The molecule has 2 unspecified atom stereocenters. The highest BCUT2D eigenvalue weighted by Gasteiger charge is 2.48. The lowest BCUT2D eigenvalue weighted by atomic mass is 9.66. The molecule has 2 atom stereocenters. The average Bonchev–Trinajstić information content (AvgIpc) is 3.13. The molecule has 2 N–H and O–H groups in total. The summed E-state index contributed by atoms with van der Waals surface area (Å²) in [6.07, 6.45) is 10.2. The summed E-state index contributed by atoms with van der Waals surface area (Å²) in [7, 11) is 0. The number of amides is 1. The first-order valence-electron chi connectivity index (χ1n) is 8.13. The molecule has 4 heteroatoms. The van der Waals surface area contributed by atoms with E-state index < -0.39 is 11.4 Å². The van der Waals surface area contributed by atoms with Crippen LogP contribution >= 0.6 is 0 Å². The molecular formula is C16H25NO3. The molecule has 20 heavy (non-hydrogen) atoms. The molecule has 3 rings (SSSR count). The highest BCUT2D eigenvalue weighted by atomic mass is 16.4. The number of rotatable bonds is 5. The van der Waals surface area contributed by atoms with Gasteiger partial charge in [0.05, 0.1) is 5.41 Å². The van der Waals surface area contributed by atoms with Gasteiger partial charge < -0.3 is 10.4 Å². The van der Waals surface area contributed by atoms with E-state index in [9.17, 15) is 14.7 Å². The lowest BCUT2D eigenvalue weighted by Crippen LogP contribution is -2.43. The number of hydrogen-bond acceptors (Lipinski definition) is 2. The molecule has 0 radical (unpaired) electrons. The first kappa shape index (κ1) is 13.9. The summed E-state index contributed by atoms with van der Waals surface area (Å²) in [5.41, 5.74) is -0.751. The zero-order valence-electron chi connectivity index (χ0n) is 12.1. The van der Waals surface area contributed by atoms with Crippen LogP contribution in [0, 0.1) is 17.3 Å². The first-order chi connectivity index (χ1) is 9.61. The van der Waals surface area contributed by atoms with E-state index >= 15 is 0 Å². The molecule has 0 saturated heterocycles. The first-order valence-corrected chi connectivity index (χ1v) is 8.13. The summed E-state index contributed by atoms with van der Waals surface area (Å²) in [5, 5.41) is 12.3. The molecular weight excluding hydrogens is 254 g/mol. The van der Waals surface area contributed by atoms with Crippen LogP contribution in [0.4, 0.5) is 0 Å². The van der Waals surface area contributed by atoms with Crippen LogP contribution in [0.25, 0.3) is 0 Å². The minimum absolute atomic E-state index is 0.0459. The number of carboxylic acids is 1. The predicted octanol–water partition coefficient (Wildman–Crippen LogP) is 2.72. The molecule has 0 heterocycles. The van der Waals surface area contributed by atoms with E-state index in [-0.39, 0.29) is 12.3 Å². The summed E-state index contributed by atoms with van der Waals surface area (Å²) in [5.74, 6) is 0.626. The summed E-state index contributed by atoms with van der Waals surface area (Å²) in [6.45, 7) is 0. The van der Waals surface area contributed by atoms with Crippen molar-refractivity contribution in [2.45, 2.75) is 70.3 Å². The lowest BCUT2D eigenvalue weighted by Gasteiger charge is -2.37. The molecule has 0 spiro atoms. The van der Waals surface area contributed by atoms with Crippen LogP contribution < -0.4 is 5.32 Å². The topological polar surface area (TPSA) is 66.4 Å². The van der Waals surface area contributed by atoms with Crippen molar-refractivity contribution in [3.05, 3.63) is 0 Å². The van der Waals surface area contributed by atoms with Crippen LogP contribution in [0.1, 0.15) is 64.2 Å². The normalized spacial score (nSPS) is 32.2. The smallest absolute Gasteiger partial charge is 0.310 e. The third kappa shape index (κ3) is 2.70. The molecule has 3 aliphatic carbocycles. The molecule has 3 saturated carbocycles. The van der Waals surface area contributed by atoms with Crippen molar-refractivity contribution in [3.8, 4) is 0 Å². The lowest BCUT2D eigenvalue weighted by molar-refractivity contribution is -0.157. The molecule has 3 aliphatic rings. The monoisotopic (exact) mass is 279 g/mol. The Kier molecular flexibility index (Phi) is 3.74. The third-order valence-electron chi connectivity index (χ3n) is 5.70. The van der Waals surface area contributed by atoms with Gasteiger partial charge >= 0.3 is 5.97 Å². The number of carboxylic acid groups (broad SMARTS) is 1. The minimum Gasteiger partial charge on any atom is -0.481 e. The third-order valence-corrected chi connectivity index (χ3v) is 5.70. The fraction of sp³-hybridized carbons (Fsp3) is 0.875. The molecule has 3 fully saturated rings. The number of carbonyl (C=O) groups is 2. The van der Waals surface area contributed by atoms with Gasteiger partial charge in [0.2, 0.25) is 5.91 Å². The molecule has 0 aromatic heterocycles. The Morgan fingerprint density at radius 2 is 1.80 bits per heavy atom. The van der Waals surface area contributed by atoms with Crippen LogP contribution in [-0.2, 0) is 9.59 Å². The Balaban J connectivity index is 1.45. The van der Waals surface area contributed by atoms with Gasteiger partial charge in [-0.1, -0.05) is 38.5 Å². The van der Waals surface area contributed by atoms with Crippen LogP contribution in [0.2, 0.25) is 0 Å². The van der Waals surface area contributed by atoms with Crippen molar-refractivity contribution >= 4 is 11.9 Å². The number of aliphatic carboxylic acids is 1. The van der Waals surface area contributed by atoms with Crippen LogP contribution in [0.5, 0.6) is 0 Å². The van der Waals surface area contributed by atoms with Gasteiger partial charge in [0.15, 0.2) is 0 Å². The average molecular weight is 279 g/mol. The van der Waals surface area contributed by atoms with Crippen molar-refractivity contribution in [1.82, 2.24) is 5.32 Å². The second-order valence-corrected chi connectivity index (χ2v) is 7.09. The van der Waals surface area contributed by atoms with Crippen molar-refractivity contribution in [1.29, 1.82) is 0 Å². The van der Waals surface area contributed by atoms with Gasteiger partial charge in [0.25, 0.3) is 0 Å². The summed E-state index contributed by atoms with van der Waals surface area (Å²) in [6, 6.07) is 0.330. The Morgan fingerprint density at radius 3 is 2.35 bits per heavy atom. The Bertz CT molecular complexity index is 397. The SMILES string of the molecule is O=C(CC1(C(=O)O)CCC1)NC1CC1C1CCCCC1. The van der Waals surface area contributed by atoms with E-state index in [1.807, 2.05) is 0 Å². The second-order valence-electron chi connectivity index (χ2n) is 7.09. The fourth-order valence-corrected chi connectivity index (χ4v) is 4.10. The van der Waals surface area contributed by atoms with Crippen molar-refractivity contribution < 1.29 is 14.7 Å². The van der Waals surface area contributed by atoms with E-state index in [1.54, 1.807) is 0 Å². The zero-order valence-corrected chi connectivity index (χ0v) is 12.1. The maximum absolute atomic E-state index is 12.1. The van der Waals surface area contributed by atoms with Crippen LogP contribution in [0.3, 0.4) is 0 Å². The van der Waals surface area contributed by atoms with E-state index in [4.69, 9.17) is 0 Å². The Hall–Kier alpha value is -1.06. The summed E-state index contributed by atoms with van der Waals surface area (Å²) < 4.78 is 0. The van der Waals surface area contributed by atoms with Gasteiger partial charge in [0.1, 0.15) is 0 Å². The van der Waals surface area contributed by atoms with Crippen molar-refractivity contribution in [3.63, 3.8) is 0 Å². The largest absolute Gasteiger partial charge is 0.481 e. The van der Waals surface area contributed by atoms with Crippen molar-refractivity contribution in [2.75, 3.05) is 0 Å².